The van der Waals surface area contributed by atoms with E-state index >= 15 is 0 Å². The van der Waals surface area contributed by atoms with Crippen molar-refractivity contribution in [3.05, 3.63) is 16.7 Å². The summed E-state index contributed by atoms with van der Waals surface area (Å²) in [6, 6.07) is -0.231. The fourth-order valence-corrected chi connectivity index (χ4v) is 2.87. The van der Waals surface area contributed by atoms with E-state index in [1.165, 1.54) is 0 Å². The fourth-order valence-electron chi connectivity index (χ4n) is 2.74. The van der Waals surface area contributed by atoms with Crippen LogP contribution in [0.25, 0.3) is 0 Å². The van der Waals surface area contributed by atoms with E-state index in [0.29, 0.717) is 31.8 Å². The van der Waals surface area contributed by atoms with Crippen LogP contribution < -0.4 is 5.32 Å². The van der Waals surface area contributed by atoms with Crippen molar-refractivity contribution in [3.8, 4) is 0 Å². The lowest BCUT2D eigenvalue weighted by atomic mass is 10.0. The predicted octanol–water partition coefficient (Wildman–Crippen LogP) is 2.52. The van der Waals surface area contributed by atoms with Crippen LogP contribution in [0, 0.1) is 6.92 Å². The Morgan fingerprint density at radius 2 is 2.12 bits per heavy atom. The number of rotatable bonds is 4. The summed E-state index contributed by atoms with van der Waals surface area (Å²) in [5.74, 6) is -0.183. The Bertz CT molecular complexity index is 636. The van der Waals surface area contributed by atoms with Gasteiger partial charge in [-0.15, -0.1) is 0 Å². The van der Waals surface area contributed by atoms with E-state index in [-0.39, 0.29) is 35.1 Å². The van der Waals surface area contributed by atoms with Crippen molar-refractivity contribution < 1.29 is 19.1 Å². The van der Waals surface area contributed by atoms with E-state index in [9.17, 15) is 9.59 Å². The molecule has 1 aromatic heterocycles. The second-order valence-electron chi connectivity index (χ2n) is 7.29. The molecule has 0 saturated carbocycles. The Hall–Kier alpha value is -1.80. The van der Waals surface area contributed by atoms with Crippen molar-refractivity contribution in [1.82, 2.24) is 20.2 Å². The first kappa shape index (κ1) is 20.5. The Balaban J connectivity index is 2.01. The van der Waals surface area contributed by atoms with Crippen molar-refractivity contribution in [1.29, 1.82) is 0 Å². The maximum atomic E-state index is 12.4. The van der Waals surface area contributed by atoms with Gasteiger partial charge in [0.2, 0.25) is 0 Å². The number of halogens is 1. The van der Waals surface area contributed by atoms with Crippen LogP contribution in [0.5, 0.6) is 0 Å². The number of hydrogen-bond donors (Lipinski definition) is 2. The number of H-pyrrole nitrogens is 1. The number of carbonyl (C=O) groups excluding carboxylic acids is 2. The zero-order valence-corrected chi connectivity index (χ0v) is 16.6. The highest BCUT2D eigenvalue weighted by molar-refractivity contribution is 6.30. The molecule has 2 unspecified atom stereocenters. The van der Waals surface area contributed by atoms with Gasteiger partial charge in [-0.1, -0.05) is 11.6 Å². The molecule has 2 atom stereocenters. The van der Waals surface area contributed by atoms with E-state index in [2.05, 4.69) is 15.3 Å². The lowest BCUT2D eigenvalue weighted by molar-refractivity contribution is -0.0298. The molecule has 0 aromatic carbocycles. The Morgan fingerprint density at radius 3 is 2.65 bits per heavy atom. The van der Waals surface area contributed by atoms with Crippen LogP contribution in [0.1, 0.15) is 50.4 Å². The highest BCUT2D eigenvalue weighted by Crippen LogP contribution is 2.19. The summed E-state index contributed by atoms with van der Waals surface area (Å²) in [7, 11) is 0. The number of aromatic amines is 1. The van der Waals surface area contributed by atoms with Crippen molar-refractivity contribution in [2.75, 3.05) is 19.7 Å². The minimum Gasteiger partial charge on any atom is -0.444 e. The van der Waals surface area contributed by atoms with Crippen LogP contribution in [0.15, 0.2) is 0 Å². The van der Waals surface area contributed by atoms with E-state index < -0.39 is 5.60 Å². The van der Waals surface area contributed by atoms with Gasteiger partial charge in [0, 0.05) is 13.2 Å². The van der Waals surface area contributed by atoms with E-state index in [1.807, 2.05) is 27.7 Å². The third-order valence-corrected chi connectivity index (χ3v) is 4.32. The molecule has 1 aromatic rings. The maximum Gasteiger partial charge on any atom is 0.410 e. The van der Waals surface area contributed by atoms with Crippen LogP contribution in [0.4, 0.5) is 4.79 Å². The van der Waals surface area contributed by atoms with Gasteiger partial charge in [0.15, 0.2) is 11.0 Å². The molecule has 8 nitrogen and oxygen atoms in total. The maximum absolute atomic E-state index is 12.4. The molecule has 1 saturated heterocycles. The van der Waals surface area contributed by atoms with Gasteiger partial charge in [-0.25, -0.2) is 9.78 Å². The lowest BCUT2D eigenvalue weighted by Gasteiger charge is -2.38. The normalized spacial score (nSPS) is 20.8. The van der Waals surface area contributed by atoms with Gasteiger partial charge in [0.1, 0.15) is 5.60 Å². The molecule has 0 aliphatic carbocycles. The van der Waals surface area contributed by atoms with Crippen LogP contribution in [-0.2, 0) is 9.47 Å². The largest absolute Gasteiger partial charge is 0.444 e. The smallest absolute Gasteiger partial charge is 0.410 e. The van der Waals surface area contributed by atoms with Gasteiger partial charge in [-0.05, 0) is 41.0 Å². The molecule has 26 heavy (non-hydrogen) atoms. The van der Waals surface area contributed by atoms with Crippen LogP contribution >= 0.6 is 11.6 Å². The minimum atomic E-state index is -0.556. The third kappa shape index (κ3) is 5.35. The zero-order valence-electron chi connectivity index (χ0n) is 15.9. The van der Waals surface area contributed by atoms with Crippen molar-refractivity contribution in [2.24, 2.45) is 0 Å². The number of carbonyl (C=O) groups is 2. The molecular formula is C17H27ClN4O4. The van der Waals surface area contributed by atoms with Gasteiger partial charge >= 0.3 is 6.09 Å². The number of likely N-dealkylation sites (tertiary alicyclic amines) is 1. The van der Waals surface area contributed by atoms with Gasteiger partial charge < -0.3 is 24.7 Å². The summed E-state index contributed by atoms with van der Waals surface area (Å²) in [4.78, 5) is 33.2. The molecule has 2 heterocycles. The number of imidazole rings is 1. The molecule has 2 N–H and O–H groups in total. The zero-order chi connectivity index (χ0) is 19.5. The predicted molar refractivity (Wildman–Crippen MR) is 97.4 cm³/mol. The molecular weight excluding hydrogens is 360 g/mol. The standard InChI is InChI=1S/C17H27ClN4O4/c1-6-25-12-9-22(16(24)26-17(3,4)5)8-7-11(12)20-15(23)14-19-10(2)13(18)21-14/h11-12H,6-9H2,1-5H3,(H,19,21)(H,20,23). The Kier molecular flexibility index (Phi) is 6.52. The Morgan fingerprint density at radius 1 is 1.42 bits per heavy atom. The molecule has 1 aliphatic heterocycles. The fraction of sp³-hybridized carbons (Fsp3) is 0.706. The van der Waals surface area contributed by atoms with Crippen molar-refractivity contribution >= 4 is 23.6 Å². The third-order valence-electron chi connectivity index (χ3n) is 3.95. The monoisotopic (exact) mass is 386 g/mol. The quantitative estimate of drug-likeness (QED) is 0.828. The lowest BCUT2D eigenvalue weighted by Crippen LogP contribution is -2.57. The first-order chi connectivity index (χ1) is 12.1. The van der Waals surface area contributed by atoms with E-state index in [0.717, 1.165) is 0 Å². The molecule has 2 rings (SSSR count). The number of aromatic nitrogens is 2. The van der Waals surface area contributed by atoms with E-state index in [1.54, 1.807) is 11.8 Å². The summed E-state index contributed by atoms with van der Waals surface area (Å²) in [5, 5.41) is 3.20. The van der Waals surface area contributed by atoms with E-state index in [4.69, 9.17) is 21.1 Å². The Labute approximate surface area is 158 Å². The van der Waals surface area contributed by atoms with Crippen molar-refractivity contribution in [3.63, 3.8) is 0 Å². The summed E-state index contributed by atoms with van der Waals surface area (Å²) in [6.45, 7) is 10.4. The number of nitrogens with zero attached hydrogens (tertiary/aromatic N) is 2. The molecule has 0 spiro atoms. The summed E-state index contributed by atoms with van der Waals surface area (Å²) in [6.07, 6.45) is -0.138. The van der Waals surface area contributed by atoms with Crippen LogP contribution in [0.3, 0.4) is 0 Å². The van der Waals surface area contributed by atoms with Gasteiger partial charge in [0.25, 0.3) is 5.91 Å². The molecule has 0 radical (unpaired) electrons. The summed E-state index contributed by atoms with van der Waals surface area (Å²) in [5.41, 5.74) is 0.0811. The number of hydrogen-bond acceptors (Lipinski definition) is 5. The van der Waals surface area contributed by atoms with Crippen LogP contribution in [0.2, 0.25) is 5.15 Å². The summed E-state index contributed by atoms with van der Waals surface area (Å²) >= 11 is 5.90. The number of amides is 2. The summed E-state index contributed by atoms with van der Waals surface area (Å²) < 4.78 is 11.2. The first-order valence-corrected chi connectivity index (χ1v) is 9.11. The SMILES string of the molecule is CCOC1CN(C(=O)OC(C)(C)C)CCC1NC(=O)c1nc(Cl)c(C)[nH]1. The molecule has 2 amide bonds. The molecule has 9 heteroatoms. The second-order valence-corrected chi connectivity index (χ2v) is 7.65. The topological polar surface area (TPSA) is 96.6 Å². The van der Waals surface area contributed by atoms with Crippen LogP contribution in [-0.4, -0.2) is 64.3 Å². The van der Waals surface area contributed by atoms with Gasteiger partial charge in [-0.2, -0.15) is 0 Å². The molecule has 1 fully saturated rings. The van der Waals surface area contributed by atoms with Crippen molar-refractivity contribution in [2.45, 2.75) is 58.8 Å². The number of aryl methyl sites for hydroxylation is 1. The molecule has 1 aliphatic rings. The molecule has 0 bridgehead atoms. The van der Waals surface area contributed by atoms with Gasteiger partial charge in [-0.3, -0.25) is 4.79 Å². The first-order valence-electron chi connectivity index (χ1n) is 8.73. The minimum absolute atomic E-state index is 0.164. The average Bonchev–Trinajstić information content (AvgIpc) is 2.87. The average molecular weight is 387 g/mol. The highest BCUT2D eigenvalue weighted by atomic mass is 35.5. The van der Waals surface area contributed by atoms with Gasteiger partial charge in [0.05, 0.1) is 24.4 Å². The highest BCUT2D eigenvalue weighted by Gasteiger charge is 2.35. The number of piperidine rings is 1. The molecule has 146 valence electrons. The number of nitrogens with one attached hydrogen (secondary N) is 2. The second kappa shape index (κ2) is 8.26. The number of ether oxygens (including phenoxy) is 2.